The van der Waals surface area contributed by atoms with Crippen molar-refractivity contribution in [2.45, 2.75) is 12.8 Å². The molecule has 0 spiro atoms. The Morgan fingerprint density at radius 3 is 2.38 bits per heavy atom. The topological polar surface area (TPSA) is 74.6 Å². The van der Waals surface area contributed by atoms with Gasteiger partial charge in [0.05, 0.1) is 0 Å². The summed E-state index contributed by atoms with van der Waals surface area (Å²) in [5.41, 5.74) is -0.0402. The first kappa shape index (κ1) is 12.0. The van der Waals surface area contributed by atoms with Crippen LogP contribution in [0.2, 0.25) is 0 Å². The Balaban J connectivity index is 4.11. The van der Waals surface area contributed by atoms with E-state index in [-0.39, 0.29) is 5.57 Å². The summed E-state index contributed by atoms with van der Waals surface area (Å²) in [5.74, 6) is -1.52. The zero-order chi connectivity index (χ0) is 10.3. The van der Waals surface area contributed by atoms with Crippen molar-refractivity contribution in [3.63, 3.8) is 0 Å². The molecule has 0 unspecified atom stereocenters. The van der Waals surface area contributed by atoms with E-state index >= 15 is 0 Å². The van der Waals surface area contributed by atoms with E-state index in [0.29, 0.717) is 12.8 Å². The van der Waals surface area contributed by atoms with Crippen molar-refractivity contribution in [1.29, 1.82) is 0 Å². The van der Waals surface area contributed by atoms with Gasteiger partial charge in [0, 0.05) is 11.6 Å². The minimum absolute atomic E-state index is 0.0402. The molecule has 0 aromatic carbocycles. The average molecular weight is 204 g/mol. The Labute approximate surface area is 80.6 Å². The summed E-state index contributed by atoms with van der Waals surface area (Å²) in [4.78, 5) is 20.7. The van der Waals surface area contributed by atoms with Gasteiger partial charge in [-0.1, -0.05) is 0 Å². The Morgan fingerprint density at radius 1 is 1.38 bits per heavy atom. The molecule has 0 aromatic rings. The summed E-state index contributed by atoms with van der Waals surface area (Å²) in [5, 5.41) is 16.9. The van der Waals surface area contributed by atoms with E-state index in [4.69, 9.17) is 10.2 Å². The van der Waals surface area contributed by atoms with Crippen molar-refractivity contribution in [3.05, 3.63) is 11.6 Å². The number of carbonyl (C=O) groups is 2. The molecular weight excluding hydrogens is 192 g/mol. The highest BCUT2D eigenvalue weighted by molar-refractivity contribution is 7.98. The molecule has 0 amide bonds. The minimum Gasteiger partial charge on any atom is -0.478 e. The van der Waals surface area contributed by atoms with Crippen LogP contribution in [0, 0.1) is 0 Å². The smallest absolute Gasteiger partial charge is 0.331 e. The highest BCUT2D eigenvalue weighted by Crippen LogP contribution is 2.08. The van der Waals surface area contributed by atoms with Gasteiger partial charge in [-0.3, -0.25) is 0 Å². The van der Waals surface area contributed by atoms with Crippen LogP contribution >= 0.6 is 11.8 Å². The fraction of sp³-hybridized carbons (Fsp3) is 0.500. The monoisotopic (exact) mass is 204 g/mol. The zero-order valence-electron chi connectivity index (χ0n) is 7.32. The van der Waals surface area contributed by atoms with E-state index in [0.717, 1.165) is 11.8 Å². The van der Waals surface area contributed by atoms with Gasteiger partial charge in [0.2, 0.25) is 0 Å². The van der Waals surface area contributed by atoms with Crippen molar-refractivity contribution in [3.8, 4) is 0 Å². The third-order valence-electron chi connectivity index (χ3n) is 1.37. The van der Waals surface area contributed by atoms with E-state index in [1.807, 2.05) is 6.26 Å². The van der Waals surface area contributed by atoms with Gasteiger partial charge < -0.3 is 10.2 Å². The first-order chi connectivity index (χ1) is 6.07. The third kappa shape index (κ3) is 6.21. The maximum absolute atomic E-state index is 10.5. The minimum atomic E-state index is -1.21. The predicted octanol–water partition coefficient (Wildman–Crippen LogP) is 1.23. The summed E-state index contributed by atoms with van der Waals surface area (Å²) >= 11 is 1.61. The fourth-order valence-corrected chi connectivity index (χ4v) is 1.23. The van der Waals surface area contributed by atoms with E-state index in [1.54, 1.807) is 11.8 Å². The summed E-state index contributed by atoms with van der Waals surface area (Å²) in [6, 6.07) is 0. The lowest BCUT2D eigenvalue weighted by molar-refractivity contribution is -0.135. The van der Waals surface area contributed by atoms with Crippen molar-refractivity contribution in [2.75, 3.05) is 12.0 Å². The molecule has 0 fully saturated rings. The van der Waals surface area contributed by atoms with Gasteiger partial charge in [0.15, 0.2) is 0 Å². The molecule has 0 atom stereocenters. The summed E-state index contributed by atoms with van der Waals surface area (Å²) < 4.78 is 0. The Morgan fingerprint density at radius 2 is 2.00 bits per heavy atom. The van der Waals surface area contributed by atoms with E-state index in [2.05, 4.69) is 0 Å². The van der Waals surface area contributed by atoms with Crippen LogP contribution in [0.4, 0.5) is 0 Å². The van der Waals surface area contributed by atoms with Crippen molar-refractivity contribution < 1.29 is 19.8 Å². The first-order valence-corrected chi connectivity index (χ1v) is 5.13. The maximum Gasteiger partial charge on any atom is 0.331 e. The van der Waals surface area contributed by atoms with Crippen LogP contribution in [0.25, 0.3) is 0 Å². The van der Waals surface area contributed by atoms with Gasteiger partial charge >= 0.3 is 11.9 Å². The number of rotatable bonds is 6. The predicted molar refractivity (Wildman–Crippen MR) is 51.0 cm³/mol. The van der Waals surface area contributed by atoms with Gasteiger partial charge in [-0.2, -0.15) is 11.8 Å². The largest absolute Gasteiger partial charge is 0.478 e. The van der Waals surface area contributed by atoms with Gasteiger partial charge in [-0.25, -0.2) is 9.59 Å². The van der Waals surface area contributed by atoms with Crippen molar-refractivity contribution in [1.82, 2.24) is 0 Å². The molecule has 0 saturated carbocycles. The second-order valence-electron chi connectivity index (χ2n) is 2.41. The van der Waals surface area contributed by atoms with E-state index < -0.39 is 11.9 Å². The van der Waals surface area contributed by atoms with Crippen LogP contribution in [0.1, 0.15) is 12.8 Å². The number of thioether (sulfide) groups is 1. The number of aliphatic carboxylic acids is 2. The second-order valence-corrected chi connectivity index (χ2v) is 3.39. The molecule has 0 aliphatic heterocycles. The highest BCUT2D eigenvalue weighted by atomic mass is 32.2. The Bertz CT molecular complexity index is 222. The lowest BCUT2D eigenvalue weighted by Crippen LogP contribution is -2.04. The molecule has 0 saturated heterocycles. The average Bonchev–Trinajstić information content (AvgIpc) is 2.02. The molecule has 2 N–H and O–H groups in total. The maximum atomic E-state index is 10.5. The molecule has 13 heavy (non-hydrogen) atoms. The summed E-state index contributed by atoms with van der Waals surface area (Å²) in [7, 11) is 0. The first-order valence-electron chi connectivity index (χ1n) is 3.73. The molecule has 0 rings (SSSR count). The normalized spacial score (nSPS) is 11.3. The van der Waals surface area contributed by atoms with Crippen LogP contribution in [-0.4, -0.2) is 34.2 Å². The van der Waals surface area contributed by atoms with Gasteiger partial charge in [0.25, 0.3) is 0 Å². The van der Waals surface area contributed by atoms with Gasteiger partial charge in [-0.15, -0.1) is 0 Å². The lowest BCUT2D eigenvalue weighted by atomic mass is 10.1. The molecule has 0 radical (unpaired) electrons. The quantitative estimate of drug-likeness (QED) is 0.502. The summed E-state index contributed by atoms with van der Waals surface area (Å²) in [6.07, 6.45) is 3.67. The van der Waals surface area contributed by atoms with Crippen LogP contribution in [0.15, 0.2) is 11.6 Å². The molecule has 0 heterocycles. The SMILES string of the molecule is CSCCC/C(=C/C(=O)O)C(=O)O. The molecule has 0 bridgehead atoms. The van der Waals surface area contributed by atoms with Gasteiger partial charge in [0.1, 0.15) is 0 Å². The molecule has 0 aliphatic carbocycles. The van der Waals surface area contributed by atoms with Crippen LogP contribution in [-0.2, 0) is 9.59 Å². The van der Waals surface area contributed by atoms with E-state index in [9.17, 15) is 9.59 Å². The number of carboxylic acid groups (broad SMARTS) is 2. The molecule has 5 heteroatoms. The molecule has 0 aromatic heterocycles. The lowest BCUT2D eigenvalue weighted by Gasteiger charge is -1.99. The van der Waals surface area contributed by atoms with Crippen molar-refractivity contribution in [2.24, 2.45) is 0 Å². The standard InChI is InChI=1S/C8H12O4S/c1-13-4-2-3-6(8(11)12)5-7(9)10/h5H,2-4H2,1H3,(H,9,10)(H,11,12)/b6-5-. The van der Waals surface area contributed by atoms with Crippen molar-refractivity contribution >= 4 is 23.7 Å². The third-order valence-corrected chi connectivity index (χ3v) is 2.06. The second kappa shape index (κ2) is 6.54. The fourth-order valence-electron chi connectivity index (χ4n) is 0.797. The van der Waals surface area contributed by atoms with Crippen LogP contribution in [0.3, 0.4) is 0 Å². The molecule has 4 nitrogen and oxygen atoms in total. The Hall–Kier alpha value is -0.970. The van der Waals surface area contributed by atoms with Crippen LogP contribution < -0.4 is 0 Å². The zero-order valence-corrected chi connectivity index (χ0v) is 8.13. The molecular formula is C8H12O4S. The molecule has 74 valence electrons. The number of hydrogen-bond acceptors (Lipinski definition) is 3. The summed E-state index contributed by atoms with van der Waals surface area (Å²) in [6.45, 7) is 0. The number of hydrogen-bond donors (Lipinski definition) is 2. The number of carboxylic acids is 2. The highest BCUT2D eigenvalue weighted by Gasteiger charge is 2.08. The van der Waals surface area contributed by atoms with Crippen LogP contribution in [0.5, 0.6) is 0 Å². The molecule has 0 aliphatic rings. The van der Waals surface area contributed by atoms with E-state index in [1.165, 1.54) is 0 Å². The van der Waals surface area contributed by atoms with Gasteiger partial charge in [-0.05, 0) is 24.9 Å². The Kier molecular flexibility index (Phi) is 6.05.